The number of rotatable bonds is 6. The summed E-state index contributed by atoms with van der Waals surface area (Å²) in [5.41, 5.74) is 0.403. The maximum Gasteiger partial charge on any atom is 0.270 e. The SMILES string of the molecule is CCN(CC(=O)c1cccc([N+](=O)[O-])c1)C1CCCCC1. The molecule has 1 aromatic carbocycles. The Hall–Kier alpha value is -1.75. The summed E-state index contributed by atoms with van der Waals surface area (Å²) in [6, 6.07) is 6.49. The lowest BCUT2D eigenvalue weighted by atomic mass is 9.94. The van der Waals surface area contributed by atoms with Crippen molar-refractivity contribution in [2.24, 2.45) is 0 Å². The molecule has 1 aliphatic rings. The van der Waals surface area contributed by atoms with E-state index in [-0.39, 0.29) is 11.5 Å². The number of hydrogen-bond donors (Lipinski definition) is 0. The molecule has 114 valence electrons. The lowest BCUT2D eigenvalue weighted by Crippen LogP contribution is -2.40. The van der Waals surface area contributed by atoms with Crippen molar-refractivity contribution in [3.8, 4) is 0 Å². The molecule has 1 fully saturated rings. The molecule has 0 N–H and O–H groups in total. The fourth-order valence-corrected chi connectivity index (χ4v) is 3.01. The van der Waals surface area contributed by atoms with E-state index in [0.717, 1.165) is 19.4 Å². The van der Waals surface area contributed by atoms with E-state index in [4.69, 9.17) is 0 Å². The van der Waals surface area contributed by atoms with Crippen molar-refractivity contribution in [2.45, 2.75) is 45.1 Å². The summed E-state index contributed by atoms with van der Waals surface area (Å²) < 4.78 is 0. The third-order valence-electron chi connectivity index (χ3n) is 4.22. The molecule has 5 heteroatoms. The molecule has 1 aromatic rings. The van der Waals surface area contributed by atoms with Gasteiger partial charge in [-0.15, -0.1) is 0 Å². The van der Waals surface area contributed by atoms with Crippen molar-refractivity contribution in [3.05, 3.63) is 39.9 Å². The summed E-state index contributed by atoms with van der Waals surface area (Å²) >= 11 is 0. The van der Waals surface area contributed by atoms with E-state index in [1.165, 1.54) is 31.4 Å². The molecule has 21 heavy (non-hydrogen) atoms. The fourth-order valence-electron chi connectivity index (χ4n) is 3.01. The highest BCUT2D eigenvalue weighted by Crippen LogP contribution is 2.23. The van der Waals surface area contributed by atoms with Crippen molar-refractivity contribution in [1.29, 1.82) is 0 Å². The van der Waals surface area contributed by atoms with Crippen molar-refractivity contribution in [2.75, 3.05) is 13.1 Å². The molecule has 0 aromatic heterocycles. The predicted octanol–water partition coefficient (Wildman–Crippen LogP) is 3.43. The van der Waals surface area contributed by atoms with Gasteiger partial charge in [0.2, 0.25) is 0 Å². The van der Waals surface area contributed by atoms with Gasteiger partial charge in [-0.3, -0.25) is 19.8 Å². The lowest BCUT2D eigenvalue weighted by molar-refractivity contribution is -0.384. The summed E-state index contributed by atoms with van der Waals surface area (Å²) in [7, 11) is 0. The van der Waals surface area contributed by atoms with Crippen LogP contribution in [0, 0.1) is 10.1 Å². The average Bonchev–Trinajstić information content (AvgIpc) is 2.53. The summed E-state index contributed by atoms with van der Waals surface area (Å²) in [5.74, 6) is -0.0360. The van der Waals surface area contributed by atoms with Crippen LogP contribution in [-0.2, 0) is 0 Å². The molecule has 0 amide bonds. The lowest BCUT2D eigenvalue weighted by Gasteiger charge is -2.32. The van der Waals surface area contributed by atoms with Crippen molar-refractivity contribution >= 4 is 11.5 Å². The van der Waals surface area contributed by atoms with E-state index in [1.807, 2.05) is 0 Å². The fraction of sp³-hybridized carbons (Fsp3) is 0.562. The summed E-state index contributed by atoms with van der Waals surface area (Å²) in [4.78, 5) is 24.9. The van der Waals surface area contributed by atoms with Crippen molar-refractivity contribution in [1.82, 2.24) is 4.90 Å². The monoisotopic (exact) mass is 290 g/mol. The first-order valence-corrected chi connectivity index (χ1v) is 7.63. The molecule has 0 saturated heterocycles. The molecule has 0 heterocycles. The second-order valence-corrected chi connectivity index (χ2v) is 5.59. The van der Waals surface area contributed by atoms with Crippen molar-refractivity contribution in [3.63, 3.8) is 0 Å². The first kappa shape index (κ1) is 15.6. The maximum atomic E-state index is 12.4. The van der Waals surface area contributed by atoms with E-state index in [0.29, 0.717) is 18.2 Å². The topological polar surface area (TPSA) is 63.5 Å². The Morgan fingerprint density at radius 3 is 2.67 bits per heavy atom. The van der Waals surface area contributed by atoms with Crippen LogP contribution in [0.25, 0.3) is 0 Å². The number of nitro groups is 1. The van der Waals surface area contributed by atoms with E-state index in [2.05, 4.69) is 11.8 Å². The second-order valence-electron chi connectivity index (χ2n) is 5.59. The van der Waals surface area contributed by atoms with Gasteiger partial charge in [-0.2, -0.15) is 0 Å². The maximum absolute atomic E-state index is 12.4. The molecule has 1 aliphatic carbocycles. The van der Waals surface area contributed by atoms with Crippen LogP contribution < -0.4 is 0 Å². The minimum absolute atomic E-state index is 0.0263. The van der Waals surface area contributed by atoms with Crippen LogP contribution in [0.2, 0.25) is 0 Å². The second kappa shape index (κ2) is 7.31. The van der Waals surface area contributed by atoms with Gasteiger partial charge in [-0.25, -0.2) is 0 Å². The highest BCUT2D eigenvalue weighted by atomic mass is 16.6. The van der Waals surface area contributed by atoms with Gasteiger partial charge in [-0.05, 0) is 19.4 Å². The van der Waals surface area contributed by atoms with Gasteiger partial charge in [0.1, 0.15) is 0 Å². The molecule has 1 saturated carbocycles. The van der Waals surface area contributed by atoms with Crippen LogP contribution in [0.4, 0.5) is 5.69 Å². The number of benzene rings is 1. The highest BCUT2D eigenvalue weighted by molar-refractivity contribution is 5.98. The highest BCUT2D eigenvalue weighted by Gasteiger charge is 2.22. The van der Waals surface area contributed by atoms with Crippen LogP contribution in [0.15, 0.2) is 24.3 Å². The third kappa shape index (κ3) is 4.11. The Kier molecular flexibility index (Phi) is 5.44. The number of hydrogen-bond acceptors (Lipinski definition) is 4. The molecule has 5 nitrogen and oxygen atoms in total. The van der Waals surface area contributed by atoms with Gasteiger partial charge in [0.25, 0.3) is 5.69 Å². The molecule has 2 rings (SSSR count). The van der Waals surface area contributed by atoms with Crippen LogP contribution in [0.3, 0.4) is 0 Å². The summed E-state index contributed by atoms with van der Waals surface area (Å²) in [5, 5.41) is 10.8. The normalized spacial score (nSPS) is 16.1. The van der Waals surface area contributed by atoms with E-state index >= 15 is 0 Å². The van der Waals surface area contributed by atoms with E-state index in [1.54, 1.807) is 12.1 Å². The number of carbonyl (C=O) groups excluding carboxylic acids is 1. The predicted molar refractivity (Wildman–Crippen MR) is 81.5 cm³/mol. The summed E-state index contributed by atoms with van der Waals surface area (Å²) in [6.07, 6.45) is 6.04. The molecule has 0 unspecified atom stereocenters. The number of non-ortho nitro benzene ring substituents is 1. The van der Waals surface area contributed by atoms with Crippen LogP contribution in [0.1, 0.15) is 49.4 Å². The Balaban J connectivity index is 2.04. The molecular formula is C16H22N2O3. The number of carbonyl (C=O) groups is 1. The quantitative estimate of drug-likeness (QED) is 0.457. The van der Waals surface area contributed by atoms with Crippen LogP contribution in [-0.4, -0.2) is 34.7 Å². The van der Waals surface area contributed by atoms with Gasteiger partial charge in [0.05, 0.1) is 11.5 Å². The molecule has 0 aliphatic heterocycles. The zero-order chi connectivity index (χ0) is 15.2. The Bertz CT molecular complexity index is 510. The minimum atomic E-state index is -0.463. The summed E-state index contributed by atoms with van der Waals surface area (Å²) in [6.45, 7) is 3.25. The first-order valence-electron chi connectivity index (χ1n) is 7.63. The van der Waals surface area contributed by atoms with Gasteiger partial charge >= 0.3 is 0 Å². The largest absolute Gasteiger partial charge is 0.293 e. The minimum Gasteiger partial charge on any atom is -0.293 e. The number of Topliss-reactive ketones (excluding diaryl/α,β-unsaturated/α-hetero) is 1. The van der Waals surface area contributed by atoms with Crippen LogP contribution >= 0.6 is 0 Å². The first-order chi connectivity index (χ1) is 10.1. The number of ketones is 1. The molecule has 0 radical (unpaired) electrons. The molecular weight excluding hydrogens is 268 g/mol. The van der Waals surface area contributed by atoms with Crippen LogP contribution in [0.5, 0.6) is 0 Å². The number of likely N-dealkylation sites (N-methyl/N-ethyl adjacent to an activating group) is 1. The van der Waals surface area contributed by atoms with E-state index in [9.17, 15) is 14.9 Å². The number of nitrogens with zero attached hydrogens (tertiary/aromatic N) is 2. The van der Waals surface area contributed by atoms with Gasteiger partial charge in [0, 0.05) is 23.7 Å². The Labute approximate surface area is 125 Å². The zero-order valence-electron chi connectivity index (χ0n) is 12.5. The zero-order valence-corrected chi connectivity index (χ0v) is 12.5. The van der Waals surface area contributed by atoms with Gasteiger partial charge in [-0.1, -0.05) is 38.3 Å². The average molecular weight is 290 g/mol. The number of nitro benzene ring substituents is 1. The molecule has 0 atom stereocenters. The Morgan fingerprint density at radius 2 is 2.05 bits per heavy atom. The molecule has 0 bridgehead atoms. The van der Waals surface area contributed by atoms with Crippen molar-refractivity contribution < 1.29 is 9.72 Å². The standard InChI is InChI=1S/C16H22N2O3/c1-2-17(14-8-4-3-5-9-14)12-16(19)13-7-6-10-15(11-13)18(20)21/h6-7,10-11,14H,2-5,8-9,12H2,1H3. The van der Waals surface area contributed by atoms with Gasteiger partial charge in [0.15, 0.2) is 5.78 Å². The van der Waals surface area contributed by atoms with E-state index < -0.39 is 4.92 Å². The smallest absolute Gasteiger partial charge is 0.270 e. The third-order valence-corrected chi connectivity index (χ3v) is 4.22. The molecule has 0 spiro atoms. The van der Waals surface area contributed by atoms with Gasteiger partial charge < -0.3 is 0 Å². The Morgan fingerprint density at radius 1 is 1.33 bits per heavy atom.